The Balaban J connectivity index is 1.34. The number of ether oxygens (including phenoxy) is 3. The Hall–Kier alpha value is -3.22. The second-order valence-electron chi connectivity index (χ2n) is 8.05. The van der Waals surface area contributed by atoms with Gasteiger partial charge in [-0.2, -0.15) is 0 Å². The van der Waals surface area contributed by atoms with E-state index in [2.05, 4.69) is 5.32 Å². The maximum Gasteiger partial charge on any atom is 0.325 e. The van der Waals surface area contributed by atoms with Crippen molar-refractivity contribution in [1.82, 2.24) is 10.2 Å². The van der Waals surface area contributed by atoms with Crippen molar-refractivity contribution in [2.45, 2.75) is 39.2 Å². The minimum Gasteiger partial charge on any atom is -0.493 e. The van der Waals surface area contributed by atoms with E-state index in [1.807, 2.05) is 50.2 Å². The number of nitrogens with zero attached hydrogens (tertiary/aromatic N) is 1. The molecule has 2 aromatic rings. The van der Waals surface area contributed by atoms with Crippen LogP contribution >= 0.6 is 0 Å². The average Bonchev–Trinajstić information content (AvgIpc) is 3.24. The van der Waals surface area contributed by atoms with Gasteiger partial charge in [0.25, 0.3) is 5.91 Å². The van der Waals surface area contributed by atoms with Gasteiger partial charge in [0.2, 0.25) is 6.79 Å². The van der Waals surface area contributed by atoms with E-state index in [1.165, 1.54) is 4.90 Å². The van der Waals surface area contributed by atoms with Gasteiger partial charge in [0, 0.05) is 13.0 Å². The van der Waals surface area contributed by atoms with Crippen LogP contribution in [0.25, 0.3) is 0 Å². The Morgan fingerprint density at radius 2 is 1.90 bits per heavy atom. The molecule has 7 heteroatoms. The number of imide groups is 1. The number of aryl methyl sites for hydroxylation is 2. The number of benzene rings is 2. The highest BCUT2D eigenvalue weighted by atomic mass is 16.7. The fourth-order valence-electron chi connectivity index (χ4n) is 3.80. The van der Waals surface area contributed by atoms with Crippen molar-refractivity contribution in [2.75, 3.05) is 19.9 Å². The molecule has 158 valence electrons. The summed E-state index contributed by atoms with van der Waals surface area (Å²) in [5, 5.41) is 2.85. The van der Waals surface area contributed by atoms with Crippen LogP contribution in [0.3, 0.4) is 0 Å². The zero-order valence-corrected chi connectivity index (χ0v) is 17.5. The Bertz CT molecular complexity index is 990. The van der Waals surface area contributed by atoms with Crippen LogP contribution in [0, 0.1) is 13.8 Å². The van der Waals surface area contributed by atoms with E-state index in [9.17, 15) is 9.59 Å². The summed E-state index contributed by atoms with van der Waals surface area (Å²) in [5.74, 6) is 1.96. The second kappa shape index (κ2) is 7.89. The Morgan fingerprint density at radius 3 is 2.73 bits per heavy atom. The summed E-state index contributed by atoms with van der Waals surface area (Å²) in [6, 6.07) is 11.2. The number of amides is 3. The van der Waals surface area contributed by atoms with Crippen LogP contribution in [-0.4, -0.2) is 42.3 Å². The molecule has 1 unspecified atom stereocenters. The number of hydrogen-bond donors (Lipinski definition) is 1. The first-order valence-corrected chi connectivity index (χ1v) is 10.1. The molecule has 2 aromatic carbocycles. The molecule has 2 heterocycles. The molecule has 0 aromatic heterocycles. The maximum absolute atomic E-state index is 13.0. The van der Waals surface area contributed by atoms with Gasteiger partial charge in [-0.15, -0.1) is 0 Å². The van der Waals surface area contributed by atoms with Gasteiger partial charge in [-0.1, -0.05) is 18.2 Å². The monoisotopic (exact) mass is 410 g/mol. The highest BCUT2D eigenvalue weighted by molar-refractivity contribution is 6.06. The van der Waals surface area contributed by atoms with Gasteiger partial charge in [-0.3, -0.25) is 9.69 Å². The lowest BCUT2D eigenvalue weighted by Gasteiger charge is -2.22. The third-order valence-electron chi connectivity index (χ3n) is 5.47. The molecule has 2 aliphatic heterocycles. The smallest absolute Gasteiger partial charge is 0.325 e. The highest BCUT2D eigenvalue weighted by Gasteiger charge is 2.47. The van der Waals surface area contributed by atoms with E-state index >= 15 is 0 Å². The minimum atomic E-state index is -0.987. The summed E-state index contributed by atoms with van der Waals surface area (Å²) in [4.78, 5) is 26.7. The quantitative estimate of drug-likeness (QED) is 0.560. The Morgan fingerprint density at radius 1 is 1.10 bits per heavy atom. The lowest BCUT2D eigenvalue weighted by atomic mass is 9.92. The second-order valence-corrected chi connectivity index (χ2v) is 8.05. The van der Waals surface area contributed by atoms with Crippen LogP contribution < -0.4 is 19.5 Å². The lowest BCUT2D eigenvalue weighted by molar-refractivity contribution is -0.130. The van der Waals surface area contributed by atoms with E-state index < -0.39 is 5.54 Å². The molecule has 1 fully saturated rings. The molecule has 7 nitrogen and oxygen atoms in total. The predicted molar refractivity (Wildman–Crippen MR) is 111 cm³/mol. The largest absolute Gasteiger partial charge is 0.493 e. The van der Waals surface area contributed by atoms with Crippen molar-refractivity contribution in [3.63, 3.8) is 0 Å². The summed E-state index contributed by atoms with van der Waals surface area (Å²) >= 11 is 0. The van der Waals surface area contributed by atoms with Crippen molar-refractivity contribution >= 4 is 11.9 Å². The molecule has 1 N–H and O–H groups in total. The summed E-state index contributed by atoms with van der Waals surface area (Å²) < 4.78 is 16.6. The number of nitrogens with one attached hydrogen (secondary N) is 1. The van der Waals surface area contributed by atoms with E-state index in [4.69, 9.17) is 14.2 Å². The van der Waals surface area contributed by atoms with E-state index in [-0.39, 0.29) is 18.7 Å². The van der Waals surface area contributed by atoms with Gasteiger partial charge in [0.15, 0.2) is 11.5 Å². The van der Waals surface area contributed by atoms with Crippen molar-refractivity contribution < 1.29 is 23.8 Å². The zero-order chi connectivity index (χ0) is 21.3. The fourth-order valence-corrected chi connectivity index (χ4v) is 3.80. The Kier molecular flexibility index (Phi) is 5.28. The number of urea groups is 1. The fraction of sp³-hybridized carbons (Fsp3) is 0.391. The molecule has 0 saturated carbocycles. The molecule has 0 radical (unpaired) electrons. The molecule has 2 aliphatic rings. The molecule has 1 saturated heterocycles. The lowest BCUT2D eigenvalue weighted by Crippen LogP contribution is -2.46. The van der Waals surface area contributed by atoms with Crippen LogP contribution in [0.15, 0.2) is 36.4 Å². The molecular weight excluding hydrogens is 384 g/mol. The van der Waals surface area contributed by atoms with E-state index in [1.54, 1.807) is 6.92 Å². The number of carbonyl (C=O) groups excluding carboxylic acids is 2. The van der Waals surface area contributed by atoms with Crippen molar-refractivity contribution in [3.05, 3.63) is 53.1 Å². The Labute approximate surface area is 175 Å². The number of hydrogen-bond acceptors (Lipinski definition) is 5. The molecule has 4 rings (SSSR count). The van der Waals surface area contributed by atoms with Crippen LogP contribution in [-0.2, 0) is 11.2 Å². The first-order valence-electron chi connectivity index (χ1n) is 10.1. The molecule has 1 atom stereocenters. The van der Waals surface area contributed by atoms with Crippen LogP contribution in [0.1, 0.15) is 30.0 Å². The first kappa shape index (κ1) is 20.1. The van der Waals surface area contributed by atoms with Crippen molar-refractivity contribution in [2.24, 2.45) is 0 Å². The predicted octanol–water partition coefficient (Wildman–Crippen LogP) is 3.35. The maximum atomic E-state index is 13.0. The summed E-state index contributed by atoms with van der Waals surface area (Å²) in [6.45, 7) is 6.70. The van der Waals surface area contributed by atoms with Gasteiger partial charge in [0.05, 0.1) is 6.61 Å². The standard InChI is InChI=1S/C23H26N2O5/c1-15-5-6-16(2)19(11-15)28-10-4-9-25-21(26)23(3,24-22(25)27)13-17-7-8-18-20(12-17)30-14-29-18/h5-8,11-12H,4,9-10,13-14H2,1-3H3,(H,24,27). The normalized spacial score (nSPS) is 19.9. The zero-order valence-electron chi connectivity index (χ0n) is 17.5. The number of rotatable bonds is 7. The van der Waals surface area contributed by atoms with E-state index in [0.29, 0.717) is 37.5 Å². The van der Waals surface area contributed by atoms with Crippen molar-refractivity contribution in [3.8, 4) is 17.2 Å². The average molecular weight is 410 g/mol. The van der Waals surface area contributed by atoms with Gasteiger partial charge in [-0.25, -0.2) is 4.79 Å². The molecule has 0 aliphatic carbocycles. The van der Waals surface area contributed by atoms with Gasteiger partial charge >= 0.3 is 6.03 Å². The van der Waals surface area contributed by atoms with Gasteiger partial charge < -0.3 is 19.5 Å². The summed E-state index contributed by atoms with van der Waals surface area (Å²) in [5.41, 5.74) is 2.10. The van der Waals surface area contributed by atoms with E-state index in [0.717, 1.165) is 22.4 Å². The molecule has 3 amide bonds. The van der Waals surface area contributed by atoms with Gasteiger partial charge in [0.1, 0.15) is 11.3 Å². The van der Waals surface area contributed by atoms with Crippen LogP contribution in [0.4, 0.5) is 4.79 Å². The minimum absolute atomic E-state index is 0.198. The van der Waals surface area contributed by atoms with Crippen LogP contribution in [0.2, 0.25) is 0 Å². The number of carbonyl (C=O) groups is 2. The summed E-state index contributed by atoms with van der Waals surface area (Å²) in [6.07, 6.45) is 0.941. The van der Waals surface area contributed by atoms with Crippen LogP contribution in [0.5, 0.6) is 17.2 Å². The van der Waals surface area contributed by atoms with Crippen molar-refractivity contribution in [1.29, 1.82) is 0 Å². The molecule has 0 spiro atoms. The third-order valence-corrected chi connectivity index (χ3v) is 5.47. The topological polar surface area (TPSA) is 77.1 Å². The number of fused-ring (bicyclic) bond motifs is 1. The third kappa shape index (κ3) is 3.92. The molecule has 30 heavy (non-hydrogen) atoms. The molecule has 0 bridgehead atoms. The SMILES string of the molecule is Cc1ccc(C)c(OCCCN2C(=O)NC(C)(Cc3ccc4c(c3)OCO4)C2=O)c1. The highest BCUT2D eigenvalue weighted by Crippen LogP contribution is 2.34. The van der Waals surface area contributed by atoms with Gasteiger partial charge in [-0.05, 0) is 62.1 Å². The first-order chi connectivity index (χ1) is 14.4. The summed E-state index contributed by atoms with van der Waals surface area (Å²) in [7, 11) is 0. The molecular formula is C23H26N2O5.